The van der Waals surface area contributed by atoms with Crippen LogP contribution in [-0.4, -0.2) is 35.4 Å². The van der Waals surface area contributed by atoms with E-state index >= 15 is 0 Å². The zero-order valence-corrected chi connectivity index (χ0v) is 21.4. The number of hydrogen-bond acceptors (Lipinski definition) is 6. The van der Waals surface area contributed by atoms with Crippen LogP contribution in [0.5, 0.6) is 0 Å². The predicted octanol–water partition coefficient (Wildman–Crippen LogP) is 3.93. The molecule has 1 aliphatic heterocycles. The first-order valence-electron chi connectivity index (χ1n) is 10.8. The molecule has 0 aliphatic carbocycles. The van der Waals surface area contributed by atoms with Gasteiger partial charge in [0.25, 0.3) is 5.91 Å². The highest BCUT2D eigenvalue weighted by molar-refractivity contribution is 9.10. The number of anilines is 1. The Morgan fingerprint density at radius 2 is 2.00 bits per heavy atom. The van der Waals surface area contributed by atoms with Crippen LogP contribution in [0.25, 0.3) is 0 Å². The lowest BCUT2D eigenvalue weighted by Gasteiger charge is -2.20. The second-order valence-electron chi connectivity index (χ2n) is 9.17. The average Bonchev–Trinajstić information content (AvgIpc) is 3.19. The van der Waals surface area contributed by atoms with Crippen LogP contribution in [0.15, 0.2) is 39.2 Å². The minimum Gasteiger partial charge on any atom is -0.444 e. The number of aromatic nitrogens is 1. The third-order valence-electron chi connectivity index (χ3n) is 5.06. The van der Waals surface area contributed by atoms with E-state index in [4.69, 9.17) is 4.74 Å². The third kappa shape index (κ3) is 7.62. The molecule has 8 nitrogen and oxygen atoms in total. The second kappa shape index (κ2) is 11.2. The van der Waals surface area contributed by atoms with Gasteiger partial charge in [-0.1, -0.05) is 20.8 Å². The molecule has 0 radical (unpaired) electrons. The molecule has 0 unspecified atom stereocenters. The summed E-state index contributed by atoms with van der Waals surface area (Å²) in [6.45, 7) is 7.63. The van der Waals surface area contributed by atoms with Crippen LogP contribution in [-0.2, 0) is 21.1 Å². The number of amides is 2. The summed E-state index contributed by atoms with van der Waals surface area (Å²) < 4.78 is 7.68. The molecular formula is C23H29BrN4O4S. The van der Waals surface area contributed by atoms with E-state index in [0.717, 1.165) is 25.9 Å². The Bertz CT molecular complexity index is 1080. The van der Waals surface area contributed by atoms with Crippen LogP contribution in [0.1, 0.15) is 50.4 Å². The van der Waals surface area contributed by atoms with Crippen molar-refractivity contribution in [2.75, 3.05) is 18.4 Å². The lowest BCUT2D eigenvalue weighted by atomic mass is 9.92. The molecule has 3 rings (SSSR count). The summed E-state index contributed by atoms with van der Waals surface area (Å²) in [7, 11) is 0. The zero-order chi connectivity index (χ0) is 24.0. The number of piperidine rings is 1. The van der Waals surface area contributed by atoms with Gasteiger partial charge in [0.2, 0.25) is 5.91 Å². The molecule has 2 aromatic rings. The van der Waals surface area contributed by atoms with E-state index in [2.05, 4.69) is 31.6 Å². The number of hydrogen-bond donors (Lipinski definition) is 2. The molecular weight excluding hydrogens is 508 g/mol. The number of nitrogens with zero attached hydrogens (tertiary/aromatic N) is 2. The van der Waals surface area contributed by atoms with Gasteiger partial charge in [-0.05, 0) is 65.5 Å². The Labute approximate surface area is 205 Å². The Hall–Kier alpha value is -2.30. The van der Waals surface area contributed by atoms with Gasteiger partial charge in [-0.2, -0.15) is 4.99 Å². The number of benzene rings is 1. The molecule has 1 aliphatic rings. The molecule has 1 aromatic heterocycles. The minimum atomic E-state index is -0.427. The molecule has 0 spiro atoms. The van der Waals surface area contributed by atoms with Gasteiger partial charge < -0.3 is 15.4 Å². The smallest absolute Gasteiger partial charge is 0.310 e. The third-order valence-corrected chi connectivity index (χ3v) is 6.51. The van der Waals surface area contributed by atoms with E-state index in [1.165, 1.54) is 11.3 Å². The topological polar surface area (TPSA) is 102 Å². The van der Waals surface area contributed by atoms with Crippen molar-refractivity contribution in [3.8, 4) is 0 Å². The largest absolute Gasteiger partial charge is 0.444 e. The lowest BCUT2D eigenvalue weighted by Crippen LogP contribution is -2.33. The molecule has 0 atom stereocenters. The molecule has 1 aromatic carbocycles. The zero-order valence-electron chi connectivity index (χ0n) is 19.0. The summed E-state index contributed by atoms with van der Waals surface area (Å²) in [6, 6.07) is 4.93. The van der Waals surface area contributed by atoms with Crippen molar-refractivity contribution in [2.45, 2.75) is 46.8 Å². The fraction of sp³-hybridized carbons (Fsp3) is 0.478. The van der Waals surface area contributed by atoms with Crippen LogP contribution in [0.2, 0.25) is 0 Å². The molecule has 10 heteroatoms. The van der Waals surface area contributed by atoms with Crippen molar-refractivity contribution in [3.05, 3.63) is 44.6 Å². The van der Waals surface area contributed by atoms with E-state index in [9.17, 15) is 14.4 Å². The molecule has 2 heterocycles. The Kier molecular flexibility index (Phi) is 8.61. The van der Waals surface area contributed by atoms with Gasteiger partial charge in [-0.25, -0.2) is 0 Å². The van der Waals surface area contributed by atoms with E-state index in [1.54, 1.807) is 34.3 Å². The first-order chi connectivity index (χ1) is 15.6. The number of carbonyl (C=O) groups is 3. The van der Waals surface area contributed by atoms with Crippen molar-refractivity contribution < 1.29 is 19.1 Å². The van der Waals surface area contributed by atoms with E-state index < -0.39 is 5.91 Å². The summed E-state index contributed by atoms with van der Waals surface area (Å²) in [5.74, 6) is -0.831. The summed E-state index contributed by atoms with van der Waals surface area (Å²) >= 11 is 4.71. The van der Waals surface area contributed by atoms with Gasteiger partial charge in [-0.3, -0.25) is 19.0 Å². The van der Waals surface area contributed by atoms with E-state index in [1.807, 2.05) is 20.8 Å². The number of rotatable bonds is 6. The normalized spacial score (nSPS) is 15.3. The minimum absolute atomic E-state index is 0.0147. The SMILES string of the molecule is CC(C)(C)CC(=O)Nc1ccc(C(=O)/N=c2\sccn2COC(=O)C2CCNCC2)cc1Br. The van der Waals surface area contributed by atoms with Crippen LogP contribution in [0.4, 0.5) is 5.69 Å². The number of ether oxygens (including phenoxy) is 1. The van der Waals surface area contributed by atoms with Crippen molar-refractivity contribution in [1.29, 1.82) is 0 Å². The maximum absolute atomic E-state index is 12.7. The summed E-state index contributed by atoms with van der Waals surface area (Å²) in [5.41, 5.74) is 0.850. The molecule has 0 saturated carbocycles. The van der Waals surface area contributed by atoms with E-state index in [0.29, 0.717) is 26.9 Å². The maximum atomic E-state index is 12.7. The van der Waals surface area contributed by atoms with Crippen molar-refractivity contribution >= 4 is 50.7 Å². The highest BCUT2D eigenvalue weighted by Crippen LogP contribution is 2.26. The first kappa shape index (κ1) is 25.3. The highest BCUT2D eigenvalue weighted by Gasteiger charge is 2.22. The number of thiazole rings is 1. The Balaban J connectivity index is 1.65. The van der Waals surface area contributed by atoms with Crippen molar-refractivity contribution in [1.82, 2.24) is 9.88 Å². The van der Waals surface area contributed by atoms with Crippen molar-refractivity contribution in [3.63, 3.8) is 0 Å². The number of carbonyl (C=O) groups excluding carboxylic acids is 3. The highest BCUT2D eigenvalue weighted by atomic mass is 79.9. The summed E-state index contributed by atoms with van der Waals surface area (Å²) in [5, 5.41) is 7.87. The molecule has 0 bridgehead atoms. The number of esters is 1. The van der Waals surface area contributed by atoms with Gasteiger partial charge in [0, 0.05) is 28.0 Å². The van der Waals surface area contributed by atoms with Crippen LogP contribution < -0.4 is 15.4 Å². The van der Waals surface area contributed by atoms with Gasteiger partial charge >= 0.3 is 5.97 Å². The van der Waals surface area contributed by atoms with Crippen LogP contribution in [0.3, 0.4) is 0 Å². The van der Waals surface area contributed by atoms with Crippen molar-refractivity contribution in [2.24, 2.45) is 16.3 Å². The fourth-order valence-corrected chi connectivity index (χ4v) is 4.56. The Morgan fingerprint density at radius 3 is 2.67 bits per heavy atom. The van der Waals surface area contributed by atoms with Gasteiger partial charge in [-0.15, -0.1) is 11.3 Å². The maximum Gasteiger partial charge on any atom is 0.310 e. The quantitative estimate of drug-likeness (QED) is 0.544. The second-order valence-corrected chi connectivity index (χ2v) is 10.9. The standard InChI is InChI=1S/C23H29BrN4O4S/c1-23(2,3)13-19(29)26-18-5-4-16(12-17(18)24)20(30)27-22-28(10-11-33-22)14-32-21(31)15-6-8-25-9-7-15/h4-5,10-12,15,25H,6-9,13-14H2,1-3H3,(H,26,29)/b27-22-. The fourth-order valence-electron chi connectivity index (χ4n) is 3.37. The van der Waals surface area contributed by atoms with Gasteiger partial charge in [0.15, 0.2) is 11.5 Å². The number of halogens is 1. The monoisotopic (exact) mass is 536 g/mol. The van der Waals surface area contributed by atoms with Crippen LogP contribution in [0, 0.1) is 11.3 Å². The molecule has 178 valence electrons. The Morgan fingerprint density at radius 1 is 1.27 bits per heavy atom. The molecule has 2 N–H and O–H groups in total. The summed E-state index contributed by atoms with van der Waals surface area (Å²) in [6.07, 6.45) is 3.65. The van der Waals surface area contributed by atoms with Gasteiger partial charge in [0.05, 0.1) is 11.6 Å². The van der Waals surface area contributed by atoms with E-state index in [-0.39, 0.29) is 29.9 Å². The average molecular weight is 537 g/mol. The molecule has 1 fully saturated rings. The van der Waals surface area contributed by atoms with Gasteiger partial charge in [0.1, 0.15) is 0 Å². The summed E-state index contributed by atoms with van der Waals surface area (Å²) in [4.78, 5) is 41.8. The number of nitrogens with one attached hydrogen (secondary N) is 2. The molecule has 1 saturated heterocycles. The molecule has 2 amide bonds. The van der Waals surface area contributed by atoms with Crippen LogP contribution >= 0.6 is 27.3 Å². The first-order valence-corrected chi connectivity index (χ1v) is 12.5. The molecule has 33 heavy (non-hydrogen) atoms. The predicted molar refractivity (Wildman–Crippen MR) is 131 cm³/mol. The lowest BCUT2D eigenvalue weighted by molar-refractivity contribution is -0.153.